The summed E-state index contributed by atoms with van der Waals surface area (Å²) >= 11 is 7.28. The van der Waals surface area contributed by atoms with Crippen molar-refractivity contribution in [1.29, 1.82) is 0 Å². The number of aromatic nitrogens is 3. The molecule has 1 aromatic carbocycles. The summed E-state index contributed by atoms with van der Waals surface area (Å²) < 4.78 is 11.5. The Labute approximate surface area is 183 Å². The summed E-state index contributed by atoms with van der Waals surface area (Å²) in [4.78, 5) is 24.3. The molecule has 0 spiro atoms. The average molecular weight is 447 g/mol. The predicted molar refractivity (Wildman–Crippen MR) is 117 cm³/mol. The zero-order valence-corrected chi connectivity index (χ0v) is 18.3. The summed E-state index contributed by atoms with van der Waals surface area (Å²) in [6, 6.07) is 7.50. The summed E-state index contributed by atoms with van der Waals surface area (Å²) in [5.41, 5.74) is 2.32. The van der Waals surface area contributed by atoms with Gasteiger partial charge in [-0.2, -0.15) is 0 Å². The maximum absolute atomic E-state index is 12.7. The lowest BCUT2D eigenvalue weighted by Gasteiger charge is -2.23. The van der Waals surface area contributed by atoms with Crippen LogP contribution in [0.15, 0.2) is 35.6 Å². The highest BCUT2D eigenvalue weighted by Gasteiger charge is 2.21. The van der Waals surface area contributed by atoms with Crippen LogP contribution in [-0.4, -0.2) is 39.8 Å². The van der Waals surface area contributed by atoms with Crippen molar-refractivity contribution in [3.8, 4) is 11.5 Å². The number of carbonyl (C=O) groups is 1. The van der Waals surface area contributed by atoms with Gasteiger partial charge in [-0.3, -0.25) is 4.79 Å². The first-order chi connectivity index (χ1) is 14.5. The molecule has 0 radical (unpaired) electrons. The third-order valence-electron chi connectivity index (χ3n) is 4.74. The minimum Gasteiger partial charge on any atom is -0.490 e. The number of hydrogen-bond acceptors (Lipinski definition) is 6. The second-order valence-corrected chi connectivity index (χ2v) is 8.80. The number of halogens is 1. The van der Waals surface area contributed by atoms with Crippen LogP contribution in [0.1, 0.15) is 31.9 Å². The van der Waals surface area contributed by atoms with Gasteiger partial charge in [-0.25, -0.2) is 9.97 Å². The monoisotopic (exact) mass is 446 g/mol. The van der Waals surface area contributed by atoms with Crippen LogP contribution in [-0.2, 0) is 4.79 Å². The van der Waals surface area contributed by atoms with Gasteiger partial charge in [-0.15, -0.1) is 0 Å². The number of nitrogens with zero attached hydrogens (tertiary/aromatic N) is 2. The van der Waals surface area contributed by atoms with Crippen LogP contribution in [0.3, 0.4) is 0 Å². The molecule has 2 aromatic heterocycles. The summed E-state index contributed by atoms with van der Waals surface area (Å²) in [7, 11) is 0. The van der Waals surface area contributed by atoms with Crippen molar-refractivity contribution in [2.45, 2.75) is 31.5 Å². The SMILES string of the molecule is CC(C)[C@H](NC(=O)CSc1nc2ncc(Cl)cc2[nH]1)c1ccc2c(c1)OCCCO2. The predicted octanol–water partition coefficient (Wildman–Crippen LogP) is 4.38. The fourth-order valence-corrected chi connectivity index (χ4v) is 4.12. The fourth-order valence-electron chi connectivity index (χ4n) is 3.28. The van der Waals surface area contributed by atoms with E-state index < -0.39 is 0 Å². The Balaban J connectivity index is 1.42. The van der Waals surface area contributed by atoms with Gasteiger partial charge >= 0.3 is 0 Å². The van der Waals surface area contributed by atoms with Crippen LogP contribution in [0, 0.1) is 5.92 Å². The van der Waals surface area contributed by atoms with E-state index in [0.29, 0.717) is 29.0 Å². The number of amides is 1. The standard InChI is InChI=1S/C21H23ClN4O3S/c1-12(2)19(13-4-5-16-17(8-13)29-7-3-6-28-16)25-18(27)11-30-21-24-15-9-14(22)10-23-20(15)26-21/h4-5,8-10,12,19H,3,6-7,11H2,1-2H3,(H,25,27)(H,23,24,26)/t19-/m0/s1. The highest BCUT2D eigenvalue weighted by atomic mass is 35.5. The Morgan fingerprint density at radius 2 is 2.07 bits per heavy atom. The molecule has 0 bridgehead atoms. The molecule has 2 N–H and O–H groups in total. The van der Waals surface area contributed by atoms with E-state index >= 15 is 0 Å². The molecule has 1 aliphatic rings. The van der Waals surface area contributed by atoms with Crippen molar-refractivity contribution in [3.63, 3.8) is 0 Å². The second-order valence-electron chi connectivity index (χ2n) is 7.40. The lowest BCUT2D eigenvalue weighted by Crippen LogP contribution is -2.33. The first-order valence-corrected chi connectivity index (χ1v) is 11.2. The highest BCUT2D eigenvalue weighted by Crippen LogP contribution is 2.34. The molecule has 9 heteroatoms. The number of fused-ring (bicyclic) bond motifs is 2. The molecule has 0 unspecified atom stereocenters. The van der Waals surface area contributed by atoms with E-state index in [1.165, 1.54) is 11.8 Å². The molecular formula is C21H23ClN4O3S. The Bertz CT molecular complexity index is 1060. The molecule has 1 atom stereocenters. The number of H-pyrrole nitrogens is 1. The molecule has 30 heavy (non-hydrogen) atoms. The molecule has 3 heterocycles. The molecule has 0 saturated carbocycles. The third-order valence-corrected chi connectivity index (χ3v) is 5.82. The maximum atomic E-state index is 12.7. The van der Waals surface area contributed by atoms with Gasteiger partial charge in [0.2, 0.25) is 5.91 Å². The van der Waals surface area contributed by atoms with Gasteiger partial charge in [0.25, 0.3) is 0 Å². The highest BCUT2D eigenvalue weighted by molar-refractivity contribution is 7.99. The van der Waals surface area contributed by atoms with Gasteiger partial charge in [0.15, 0.2) is 22.3 Å². The topological polar surface area (TPSA) is 89.1 Å². The average Bonchev–Trinajstić information content (AvgIpc) is 2.97. The number of benzene rings is 1. The molecule has 1 aliphatic heterocycles. The maximum Gasteiger partial charge on any atom is 0.230 e. The number of carbonyl (C=O) groups excluding carboxylic acids is 1. The van der Waals surface area contributed by atoms with Crippen molar-refractivity contribution in [2.75, 3.05) is 19.0 Å². The summed E-state index contributed by atoms with van der Waals surface area (Å²) in [5.74, 6) is 1.85. The minimum absolute atomic E-state index is 0.0720. The van der Waals surface area contributed by atoms with E-state index in [4.69, 9.17) is 21.1 Å². The van der Waals surface area contributed by atoms with E-state index in [2.05, 4.69) is 34.1 Å². The number of hydrogen-bond donors (Lipinski definition) is 2. The summed E-state index contributed by atoms with van der Waals surface area (Å²) in [5, 5.41) is 4.30. The minimum atomic E-state index is -0.133. The molecule has 158 valence electrons. The second kappa shape index (κ2) is 9.14. The lowest BCUT2D eigenvalue weighted by molar-refractivity contribution is -0.119. The van der Waals surface area contributed by atoms with E-state index in [9.17, 15) is 4.79 Å². The van der Waals surface area contributed by atoms with Crippen molar-refractivity contribution in [3.05, 3.63) is 41.0 Å². The Kier molecular flexibility index (Phi) is 6.34. The van der Waals surface area contributed by atoms with E-state index in [1.54, 1.807) is 12.3 Å². The summed E-state index contributed by atoms with van der Waals surface area (Å²) in [6.07, 6.45) is 2.41. The lowest BCUT2D eigenvalue weighted by atomic mass is 9.95. The van der Waals surface area contributed by atoms with E-state index in [0.717, 1.165) is 29.0 Å². The number of imidazole rings is 1. The van der Waals surface area contributed by atoms with Crippen molar-refractivity contribution < 1.29 is 14.3 Å². The van der Waals surface area contributed by atoms with Gasteiger partial charge < -0.3 is 19.8 Å². The number of thioether (sulfide) groups is 1. The van der Waals surface area contributed by atoms with Crippen molar-refractivity contribution in [1.82, 2.24) is 20.3 Å². The van der Waals surface area contributed by atoms with Gasteiger partial charge in [0.05, 0.1) is 35.5 Å². The van der Waals surface area contributed by atoms with Gasteiger partial charge in [0.1, 0.15) is 0 Å². The van der Waals surface area contributed by atoms with Crippen LogP contribution in [0.25, 0.3) is 11.2 Å². The molecule has 0 fully saturated rings. The Hall–Kier alpha value is -2.45. The Morgan fingerprint density at radius 3 is 2.87 bits per heavy atom. The molecule has 3 aromatic rings. The van der Waals surface area contributed by atoms with Crippen molar-refractivity contribution >= 4 is 40.4 Å². The quantitative estimate of drug-likeness (QED) is 0.546. The first-order valence-electron chi connectivity index (χ1n) is 9.82. The van der Waals surface area contributed by atoms with E-state index in [-0.39, 0.29) is 23.6 Å². The number of rotatable bonds is 6. The molecule has 0 aliphatic carbocycles. The number of ether oxygens (including phenoxy) is 2. The van der Waals surface area contributed by atoms with Gasteiger partial charge in [-0.05, 0) is 29.7 Å². The Morgan fingerprint density at radius 1 is 1.27 bits per heavy atom. The van der Waals surface area contributed by atoms with Gasteiger partial charge in [0, 0.05) is 12.6 Å². The summed E-state index contributed by atoms with van der Waals surface area (Å²) in [6.45, 7) is 5.44. The first kappa shape index (κ1) is 20.8. The van der Waals surface area contributed by atoms with Crippen LogP contribution >= 0.6 is 23.4 Å². The molecule has 7 nitrogen and oxygen atoms in total. The number of aromatic amines is 1. The van der Waals surface area contributed by atoms with Crippen LogP contribution in [0.4, 0.5) is 0 Å². The molecule has 4 rings (SSSR count). The largest absolute Gasteiger partial charge is 0.490 e. The molecule has 1 amide bonds. The number of pyridine rings is 1. The smallest absolute Gasteiger partial charge is 0.230 e. The van der Waals surface area contributed by atoms with Crippen LogP contribution in [0.2, 0.25) is 5.02 Å². The zero-order chi connectivity index (χ0) is 21.1. The zero-order valence-electron chi connectivity index (χ0n) is 16.8. The van der Waals surface area contributed by atoms with Crippen molar-refractivity contribution in [2.24, 2.45) is 5.92 Å². The van der Waals surface area contributed by atoms with Crippen LogP contribution in [0.5, 0.6) is 11.5 Å². The molecule has 0 saturated heterocycles. The normalized spacial score (nSPS) is 14.5. The third kappa shape index (κ3) is 4.82. The van der Waals surface area contributed by atoms with Crippen LogP contribution < -0.4 is 14.8 Å². The fraction of sp³-hybridized carbons (Fsp3) is 0.381. The molecular weight excluding hydrogens is 424 g/mol. The van der Waals surface area contributed by atoms with Gasteiger partial charge in [-0.1, -0.05) is 43.3 Å². The number of nitrogens with one attached hydrogen (secondary N) is 2. The van der Waals surface area contributed by atoms with E-state index in [1.807, 2.05) is 18.2 Å².